The summed E-state index contributed by atoms with van der Waals surface area (Å²) in [5, 5.41) is 9.79. The van der Waals surface area contributed by atoms with Crippen molar-refractivity contribution in [2.45, 2.75) is 58.3 Å². The highest BCUT2D eigenvalue weighted by Crippen LogP contribution is 2.42. The van der Waals surface area contributed by atoms with E-state index >= 15 is 0 Å². The van der Waals surface area contributed by atoms with Gasteiger partial charge in [-0.3, -0.25) is 19.2 Å². The minimum Gasteiger partial charge on any atom is -0.382 e. The van der Waals surface area contributed by atoms with Crippen molar-refractivity contribution >= 4 is 33.8 Å². The summed E-state index contributed by atoms with van der Waals surface area (Å²) in [6.07, 6.45) is 7.10. The summed E-state index contributed by atoms with van der Waals surface area (Å²) in [7, 11) is 0. The Kier molecular flexibility index (Phi) is 5.65. The number of anilines is 2. The van der Waals surface area contributed by atoms with Crippen LogP contribution in [0.5, 0.6) is 0 Å². The van der Waals surface area contributed by atoms with E-state index in [1.807, 2.05) is 6.92 Å². The second-order valence-corrected chi connectivity index (χ2v) is 10.6. The van der Waals surface area contributed by atoms with Gasteiger partial charge in [-0.15, -0.1) is 11.3 Å². The monoisotopic (exact) mass is 457 g/mol. The van der Waals surface area contributed by atoms with Crippen LogP contribution < -0.4 is 26.8 Å². The molecule has 1 atom stereocenters. The fraction of sp³-hybridized carbons (Fsp3) is 0.583. The molecule has 2 amide bonds. The maximum Gasteiger partial charge on any atom is 0.254 e. The Balaban J connectivity index is 0.00000259. The van der Waals surface area contributed by atoms with Crippen LogP contribution in [0.1, 0.15) is 66.8 Å². The van der Waals surface area contributed by atoms with Crippen LogP contribution in [-0.4, -0.2) is 24.9 Å². The number of hydrogen-bond donors (Lipinski definition) is 3. The van der Waals surface area contributed by atoms with Crippen molar-refractivity contribution < 1.29 is 11.0 Å². The average Bonchev–Trinajstić information content (AvgIpc) is 3.70. The number of rotatable bonds is 9. The van der Waals surface area contributed by atoms with Gasteiger partial charge in [0, 0.05) is 30.9 Å². The molecule has 3 N–H and O–H groups in total. The molecule has 8 heteroatoms. The summed E-state index contributed by atoms with van der Waals surface area (Å²) in [4.78, 5) is 50.8. The van der Waals surface area contributed by atoms with E-state index in [2.05, 4.69) is 16.0 Å². The first-order valence-corrected chi connectivity index (χ1v) is 12.6. The Morgan fingerprint density at radius 1 is 1.06 bits per heavy atom. The summed E-state index contributed by atoms with van der Waals surface area (Å²) in [5.74, 6) is 0.742. The van der Waals surface area contributed by atoms with Crippen LogP contribution in [0, 0.1) is 17.8 Å². The summed E-state index contributed by atoms with van der Waals surface area (Å²) < 4.78 is 0. The van der Waals surface area contributed by atoms with Crippen LogP contribution in [0.4, 0.5) is 10.7 Å². The lowest BCUT2D eigenvalue weighted by molar-refractivity contribution is -0.117. The number of carbonyl (C=O) groups is 2. The first-order valence-electron chi connectivity index (χ1n) is 11.8. The minimum absolute atomic E-state index is 0. The minimum atomic E-state index is -0.418. The smallest absolute Gasteiger partial charge is 0.254 e. The molecule has 1 aromatic heterocycles. The first kappa shape index (κ1) is 21.4. The van der Waals surface area contributed by atoms with E-state index in [1.165, 1.54) is 11.3 Å². The van der Waals surface area contributed by atoms with Crippen molar-refractivity contribution in [1.82, 2.24) is 5.32 Å². The number of fused-ring (bicyclic) bond motifs is 1. The Labute approximate surface area is 192 Å². The SMILES string of the molecule is CCNc1c(CC2CCc3sc(NC(=O)C4CC4)c(C(=O)NCC4CC4)c3C2)c(=O)c1=O.[HH]. The average molecular weight is 458 g/mol. The molecule has 1 unspecified atom stereocenters. The molecule has 2 fully saturated rings. The van der Waals surface area contributed by atoms with Crippen LogP contribution in [0.15, 0.2) is 9.59 Å². The number of hydrogen-bond acceptors (Lipinski definition) is 6. The highest BCUT2D eigenvalue weighted by Gasteiger charge is 2.35. The van der Waals surface area contributed by atoms with Crippen LogP contribution in [0.25, 0.3) is 0 Å². The van der Waals surface area contributed by atoms with Gasteiger partial charge in [0.05, 0.1) is 11.3 Å². The van der Waals surface area contributed by atoms with Gasteiger partial charge in [0.25, 0.3) is 5.91 Å². The predicted molar refractivity (Wildman–Crippen MR) is 128 cm³/mol. The molecule has 172 valence electrons. The number of carbonyl (C=O) groups excluding carboxylic acids is 2. The quantitative estimate of drug-likeness (QED) is 0.502. The van der Waals surface area contributed by atoms with Gasteiger partial charge in [0.1, 0.15) is 5.00 Å². The molecule has 0 saturated heterocycles. The molecule has 1 heterocycles. The molecule has 0 spiro atoms. The number of aryl methyl sites for hydroxylation is 1. The van der Waals surface area contributed by atoms with E-state index in [-0.39, 0.29) is 30.5 Å². The van der Waals surface area contributed by atoms with Gasteiger partial charge in [0.2, 0.25) is 16.8 Å². The van der Waals surface area contributed by atoms with E-state index in [9.17, 15) is 19.2 Å². The molecular formula is C24H31N3O4S. The summed E-state index contributed by atoms with van der Waals surface area (Å²) in [5.41, 5.74) is 1.89. The topological polar surface area (TPSA) is 104 Å². The normalized spacial score (nSPS) is 20.1. The highest BCUT2D eigenvalue weighted by atomic mass is 32.1. The summed E-state index contributed by atoms with van der Waals surface area (Å²) >= 11 is 1.53. The van der Waals surface area contributed by atoms with Crippen molar-refractivity contribution in [3.63, 3.8) is 0 Å². The molecule has 5 rings (SSSR count). The highest BCUT2D eigenvalue weighted by molar-refractivity contribution is 7.17. The molecule has 7 nitrogen and oxygen atoms in total. The van der Waals surface area contributed by atoms with E-state index in [0.717, 1.165) is 49.0 Å². The van der Waals surface area contributed by atoms with Crippen molar-refractivity contribution in [1.29, 1.82) is 0 Å². The lowest BCUT2D eigenvalue weighted by Crippen LogP contribution is -2.40. The molecule has 32 heavy (non-hydrogen) atoms. The molecule has 2 saturated carbocycles. The standard InChI is InChI=1S/C24H29N3O4S.H2/c1-2-25-19-16(20(28)21(19)29)10-13-5-8-17-15(9-13)18(23(31)26-11-12-3-4-12)24(32-17)27-22(30)14-6-7-14;/h12-14,25H,2-11H2,1H3,(H,26,31)(H,27,30);1H. The molecule has 3 aliphatic rings. The van der Waals surface area contributed by atoms with E-state index in [1.54, 1.807) is 0 Å². The molecule has 0 aliphatic heterocycles. The number of amides is 2. The molecule has 1 aromatic carbocycles. The number of thiophene rings is 1. The zero-order valence-electron chi connectivity index (χ0n) is 18.3. The summed E-state index contributed by atoms with van der Waals surface area (Å²) in [6, 6.07) is 0. The van der Waals surface area contributed by atoms with Crippen molar-refractivity contribution in [3.05, 3.63) is 42.0 Å². The van der Waals surface area contributed by atoms with Crippen LogP contribution in [0.2, 0.25) is 0 Å². The van der Waals surface area contributed by atoms with Crippen molar-refractivity contribution in [2.24, 2.45) is 17.8 Å². The predicted octanol–water partition coefficient (Wildman–Crippen LogP) is 2.86. The maximum absolute atomic E-state index is 13.2. The molecule has 0 bridgehead atoms. The van der Waals surface area contributed by atoms with Crippen LogP contribution in [-0.2, 0) is 24.1 Å². The van der Waals surface area contributed by atoms with Gasteiger partial charge in [-0.25, -0.2) is 0 Å². The first-order chi connectivity index (χ1) is 15.5. The van der Waals surface area contributed by atoms with Gasteiger partial charge in [-0.1, -0.05) is 0 Å². The summed E-state index contributed by atoms with van der Waals surface area (Å²) in [6.45, 7) is 3.19. The third-order valence-electron chi connectivity index (χ3n) is 6.88. The van der Waals surface area contributed by atoms with Crippen LogP contribution in [0.3, 0.4) is 0 Å². The van der Waals surface area contributed by atoms with Gasteiger partial charge in [-0.2, -0.15) is 0 Å². The molecular weight excluding hydrogens is 426 g/mol. The third-order valence-corrected chi connectivity index (χ3v) is 8.09. The second-order valence-electron chi connectivity index (χ2n) is 9.48. The maximum atomic E-state index is 13.2. The Morgan fingerprint density at radius 3 is 2.53 bits per heavy atom. The fourth-order valence-electron chi connectivity index (χ4n) is 4.65. The zero-order chi connectivity index (χ0) is 22.4. The van der Waals surface area contributed by atoms with Gasteiger partial charge >= 0.3 is 0 Å². The van der Waals surface area contributed by atoms with Crippen LogP contribution >= 0.6 is 11.3 Å². The Hall–Kier alpha value is -2.48. The molecule has 2 aromatic rings. The Morgan fingerprint density at radius 2 is 1.84 bits per heavy atom. The van der Waals surface area contributed by atoms with E-state index in [0.29, 0.717) is 53.7 Å². The largest absolute Gasteiger partial charge is 0.382 e. The Bertz CT molecular complexity index is 1140. The molecule has 3 aliphatic carbocycles. The zero-order valence-corrected chi connectivity index (χ0v) is 19.2. The van der Waals surface area contributed by atoms with E-state index in [4.69, 9.17) is 0 Å². The fourth-order valence-corrected chi connectivity index (χ4v) is 5.90. The van der Waals surface area contributed by atoms with Gasteiger partial charge in [0.15, 0.2) is 0 Å². The second kappa shape index (κ2) is 8.46. The van der Waals surface area contributed by atoms with Gasteiger partial charge in [-0.05, 0) is 75.7 Å². The lowest BCUT2D eigenvalue weighted by Gasteiger charge is -2.24. The van der Waals surface area contributed by atoms with Crippen molar-refractivity contribution in [2.75, 3.05) is 23.7 Å². The van der Waals surface area contributed by atoms with Gasteiger partial charge < -0.3 is 16.0 Å². The number of nitrogens with one attached hydrogen (secondary N) is 3. The third kappa shape index (κ3) is 4.12. The molecule has 0 radical (unpaired) electrons. The lowest BCUT2D eigenvalue weighted by atomic mass is 9.81. The van der Waals surface area contributed by atoms with Crippen molar-refractivity contribution in [3.8, 4) is 0 Å². The van der Waals surface area contributed by atoms with E-state index < -0.39 is 5.43 Å².